The number of hydrogen-bond acceptors (Lipinski definition) is 5. The molecule has 0 aromatic carbocycles. The highest BCUT2D eigenvalue weighted by Gasteiger charge is 2.29. The molecule has 0 aliphatic carbocycles. The molecule has 2 heterocycles. The van der Waals surface area contributed by atoms with Crippen molar-refractivity contribution in [2.24, 2.45) is 0 Å². The fourth-order valence-corrected chi connectivity index (χ4v) is 2.14. The number of aromatic nitrogens is 2. The molecule has 104 valence electrons. The molecule has 0 radical (unpaired) electrons. The van der Waals surface area contributed by atoms with Crippen molar-refractivity contribution in [1.82, 2.24) is 15.3 Å². The highest BCUT2D eigenvalue weighted by atomic mass is 16.5. The number of ether oxygens (including phenoxy) is 1. The van der Waals surface area contributed by atoms with Crippen molar-refractivity contribution in [3.63, 3.8) is 0 Å². The van der Waals surface area contributed by atoms with Crippen molar-refractivity contribution in [3.05, 3.63) is 17.6 Å². The zero-order valence-electron chi connectivity index (χ0n) is 11.3. The number of aryl methyl sites for hydroxylation is 1. The number of nitrogens with two attached hydrogens (primary N) is 1. The second kappa shape index (κ2) is 5.97. The highest BCUT2D eigenvalue weighted by Crippen LogP contribution is 2.22. The van der Waals surface area contributed by atoms with Gasteiger partial charge in [-0.15, -0.1) is 0 Å². The summed E-state index contributed by atoms with van der Waals surface area (Å²) < 4.78 is 5.64. The number of anilines is 1. The Morgan fingerprint density at radius 3 is 3.00 bits per heavy atom. The Morgan fingerprint density at radius 1 is 1.58 bits per heavy atom. The highest BCUT2D eigenvalue weighted by molar-refractivity contribution is 5.81. The summed E-state index contributed by atoms with van der Waals surface area (Å²) in [6, 6.07) is 0. The largest absolute Gasteiger partial charge is 0.383 e. The minimum atomic E-state index is -0.336. The van der Waals surface area contributed by atoms with Crippen molar-refractivity contribution in [2.75, 3.05) is 5.73 Å². The lowest BCUT2D eigenvalue weighted by Gasteiger charge is -2.13. The molecule has 2 atom stereocenters. The molecular formula is C13H20N4O2. The molecule has 0 unspecified atom stereocenters. The summed E-state index contributed by atoms with van der Waals surface area (Å²) >= 11 is 0. The van der Waals surface area contributed by atoms with E-state index in [9.17, 15) is 4.79 Å². The smallest absolute Gasteiger partial charge is 0.249 e. The molecule has 1 aliphatic rings. The van der Waals surface area contributed by atoms with Crippen LogP contribution in [0.25, 0.3) is 0 Å². The van der Waals surface area contributed by atoms with E-state index in [1.54, 1.807) is 13.1 Å². The molecule has 1 saturated heterocycles. The van der Waals surface area contributed by atoms with Crippen LogP contribution in [0.4, 0.5) is 5.82 Å². The van der Waals surface area contributed by atoms with E-state index in [0.717, 1.165) is 24.8 Å². The van der Waals surface area contributed by atoms with Crippen LogP contribution in [0.15, 0.2) is 6.20 Å². The second-order valence-corrected chi connectivity index (χ2v) is 4.78. The Bertz CT molecular complexity index is 464. The number of hydrogen-bond donors (Lipinski definition) is 2. The quantitative estimate of drug-likeness (QED) is 0.844. The van der Waals surface area contributed by atoms with Crippen molar-refractivity contribution in [2.45, 2.75) is 51.9 Å². The van der Waals surface area contributed by atoms with Crippen LogP contribution in [0.3, 0.4) is 0 Å². The monoisotopic (exact) mass is 264 g/mol. The Labute approximate surface area is 112 Å². The molecule has 2 rings (SSSR count). The van der Waals surface area contributed by atoms with Crippen LogP contribution in [0.5, 0.6) is 0 Å². The van der Waals surface area contributed by atoms with Crippen molar-refractivity contribution < 1.29 is 9.53 Å². The summed E-state index contributed by atoms with van der Waals surface area (Å²) in [7, 11) is 0. The maximum absolute atomic E-state index is 11.9. The molecular weight excluding hydrogens is 244 g/mol. The average Bonchev–Trinajstić information content (AvgIpc) is 2.86. The van der Waals surface area contributed by atoms with Crippen molar-refractivity contribution >= 4 is 11.7 Å². The number of carbonyl (C=O) groups is 1. The molecule has 0 spiro atoms. The van der Waals surface area contributed by atoms with Crippen LogP contribution >= 0.6 is 0 Å². The van der Waals surface area contributed by atoms with E-state index in [0.29, 0.717) is 18.2 Å². The first kappa shape index (κ1) is 13.7. The van der Waals surface area contributed by atoms with E-state index in [4.69, 9.17) is 10.5 Å². The first-order valence-electron chi connectivity index (χ1n) is 6.61. The third-order valence-electron chi connectivity index (χ3n) is 3.33. The Morgan fingerprint density at radius 2 is 2.37 bits per heavy atom. The number of rotatable bonds is 4. The van der Waals surface area contributed by atoms with Crippen molar-refractivity contribution in [1.29, 1.82) is 0 Å². The van der Waals surface area contributed by atoms with Gasteiger partial charge in [-0.2, -0.15) is 0 Å². The molecule has 6 heteroatoms. The van der Waals surface area contributed by atoms with Crippen LogP contribution in [-0.4, -0.2) is 28.1 Å². The van der Waals surface area contributed by atoms with Gasteiger partial charge in [0.05, 0.1) is 6.10 Å². The molecule has 1 amide bonds. The van der Waals surface area contributed by atoms with Gasteiger partial charge in [0, 0.05) is 18.3 Å². The van der Waals surface area contributed by atoms with E-state index in [1.165, 1.54) is 0 Å². The van der Waals surface area contributed by atoms with Crippen LogP contribution < -0.4 is 11.1 Å². The Balaban J connectivity index is 1.87. The van der Waals surface area contributed by atoms with Crippen molar-refractivity contribution in [3.8, 4) is 0 Å². The van der Waals surface area contributed by atoms with Gasteiger partial charge >= 0.3 is 0 Å². The lowest BCUT2D eigenvalue weighted by atomic mass is 10.1. The zero-order valence-corrected chi connectivity index (χ0v) is 11.3. The first-order chi connectivity index (χ1) is 9.10. The number of nitrogens with one attached hydrogen (secondary N) is 1. The summed E-state index contributed by atoms with van der Waals surface area (Å²) in [5, 5.41) is 2.82. The van der Waals surface area contributed by atoms with Crippen LogP contribution in [-0.2, 0) is 16.1 Å². The number of carbonyl (C=O) groups excluding carboxylic acids is 1. The third-order valence-corrected chi connectivity index (χ3v) is 3.33. The fraction of sp³-hybridized carbons (Fsp3) is 0.615. The van der Waals surface area contributed by atoms with Gasteiger partial charge in [-0.05, 0) is 26.2 Å². The zero-order chi connectivity index (χ0) is 13.8. The maximum atomic E-state index is 11.9. The van der Waals surface area contributed by atoms with Crippen LogP contribution in [0.2, 0.25) is 0 Å². The van der Waals surface area contributed by atoms with Gasteiger partial charge in [-0.1, -0.05) is 6.92 Å². The average molecular weight is 264 g/mol. The number of amides is 1. The third kappa shape index (κ3) is 3.41. The molecule has 1 aromatic rings. The number of nitrogen functional groups attached to an aromatic ring is 1. The van der Waals surface area contributed by atoms with E-state index in [1.807, 2.05) is 0 Å². The molecule has 1 aromatic heterocycles. The van der Waals surface area contributed by atoms with Gasteiger partial charge in [0.25, 0.3) is 0 Å². The predicted octanol–water partition coefficient (Wildman–Crippen LogP) is 0.941. The SMILES string of the molecule is CC[C@@H]1CC[C@H](C(=O)NCc2cnc(C)nc2N)O1. The standard InChI is InChI=1S/C13H20N4O2/c1-3-10-4-5-11(19-10)13(18)16-7-9-6-15-8(2)17-12(9)14/h6,10-11H,3-5,7H2,1-2H3,(H,16,18)(H2,14,15,17)/t10-,11-/m1/s1. The maximum Gasteiger partial charge on any atom is 0.249 e. The molecule has 1 fully saturated rings. The van der Waals surface area contributed by atoms with Crippen LogP contribution in [0.1, 0.15) is 37.6 Å². The van der Waals surface area contributed by atoms with E-state index in [2.05, 4.69) is 22.2 Å². The molecule has 0 bridgehead atoms. The van der Waals surface area contributed by atoms with E-state index >= 15 is 0 Å². The lowest BCUT2D eigenvalue weighted by molar-refractivity contribution is -0.132. The molecule has 3 N–H and O–H groups in total. The minimum Gasteiger partial charge on any atom is -0.383 e. The molecule has 19 heavy (non-hydrogen) atoms. The first-order valence-corrected chi connectivity index (χ1v) is 6.61. The summed E-state index contributed by atoms with van der Waals surface area (Å²) in [5.74, 6) is 0.944. The van der Waals surface area contributed by atoms with Gasteiger partial charge in [-0.25, -0.2) is 9.97 Å². The Hall–Kier alpha value is -1.69. The number of nitrogens with zero attached hydrogens (tertiary/aromatic N) is 2. The topological polar surface area (TPSA) is 90.1 Å². The lowest BCUT2D eigenvalue weighted by Crippen LogP contribution is -2.34. The summed E-state index contributed by atoms with van der Waals surface area (Å²) in [5.41, 5.74) is 6.50. The second-order valence-electron chi connectivity index (χ2n) is 4.78. The van der Waals surface area contributed by atoms with E-state index < -0.39 is 0 Å². The normalized spacial score (nSPS) is 22.4. The summed E-state index contributed by atoms with van der Waals surface area (Å²) in [4.78, 5) is 20.1. The van der Waals surface area contributed by atoms with Gasteiger partial charge in [0.15, 0.2) is 0 Å². The van der Waals surface area contributed by atoms with Gasteiger partial charge < -0.3 is 15.8 Å². The predicted molar refractivity (Wildman–Crippen MR) is 71.2 cm³/mol. The van der Waals surface area contributed by atoms with Gasteiger partial charge in [0.2, 0.25) is 5.91 Å². The fourth-order valence-electron chi connectivity index (χ4n) is 2.14. The summed E-state index contributed by atoms with van der Waals surface area (Å²) in [6.07, 6.45) is 4.19. The van der Waals surface area contributed by atoms with E-state index in [-0.39, 0.29) is 18.1 Å². The molecule has 6 nitrogen and oxygen atoms in total. The van der Waals surface area contributed by atoms with Crippen LogP contribution in [0, 0.1) is 6.92 Å². The summed E-state index contributed by atoms with van der Waals surface area (Å²) in [6.45, 7) is 4.17. The van der Waals surface area contributed by atoms with Gasteiger partial charge in [0.1, 0.15) is 17.7 Å². The molecule has 1 aliphatic heterocycles. The van der Waals surface area contributed by atoms with Gasteiger partial charge in [-0.3, -0.25) is 4.79 Å². The Kier molecular flexibility index (Phi) is 4.31. The minimum absolute atomic E-state index is 0.0871. The molecule has 0 saturated carbocycles.